The van der Waals surface area contributed by atoms with Crippen LogP contribution in [0, 0.1) is 0 Å². The van der Waals surface area contributed by atoms with Crippen molar-refractivity contribution in [3.63, 3.8) is 0 Å². The summed E-state index contributed by atoms with van der Waals surface area (Å²) in [5.74, 6) is -0.409. The van der Waals surface area contributed by atoms with Gasteiger partial charge in [-0.05, 0) is 0 Å². The highest BCUT2D eigenvalue weighted by Crippen LogP contribution is 2.37. The Morgan fingerprint density at radius 1 is 1.21 bits per heavy atom. The number of carboxylic acids is 1. The van der Waals surface area contributed by atoms with Crippen molar-refractivity contribution in [2.24, 2.45) is 0 Å². The van der Waals surface area contributed by atoms with Crippen LogP contribution in [0.25, 0.3) is 0 Å². The highest BCUT2D eigenvalue weighted by atomic mass is 35.5. The maximum atomic E-state index is 11.5. The highest BCUT2D eigenvalue weighted by molar-refractivity contribution is 6.34. The molecule has 1 aromatic carbocycles. The molecule has 0 aromatic heterocycles. The molecule has 0 atom stereocenters. The molecular formula is C12H12ClNO5. The second kappa shape index (κ2) is 5.79. The van der Waals surface area contributed by atoms with Crippen LogP contribution in [0.1, 0.15) is 12.8 Å². The summed E-state index contributed by atoms with van der Waals surface area (Å²) in [5, 5.41) is 11.4. The van der Waals surface area contributed by atoms with Crippen molar-refractivity contribution >= 4 is 29.2 Å². The van der Waals surface area contributed by atoms with Crippen molar-refractivity contribution in [1.29, 1.82) is 0 Å². The molecule has 0 radical (unpaired) electrons. The van der Waals surface area contributed by atoms with E-state index in [1.165, 1.54) is 0 Å². The Labute approximate surface area is 114 Å². The van der Waals surface area contributed by atoms with Crippen LogP contribution in [0.15, 0.2) is 12.1 Å². The highest BCUT2D eigenvalue weighted by Gasteiger charge is 2.16. The summed E-state index contributed by atoms with van der Waals surface area (Å²) in [5.41, 5.74) is 0.376. The molecule has 0 saturated carbocycles. The zero-order chi connectivity index (χ0) is 13.8. The van der Waals surface area contributed by atoms with Crippen LogP contribution in [-0.4, -0.2) is 30.2 Å². The third-order valence-electron chi connectivity index (χ3n) is 2.47. The first kappa shape index (κ1) is 13.5. The number of benzene rings is 1. The summed E-state index contributed by atoms with van der Waals surface area (Å²) in [7, 11) is 0. The molecule has 102 valence electrons. The van der Waals surface area contributed by atoms with Gasteiger partial charge >= 0.3 is 5.97 Å². The number of hydrogen-bond acceptors (Lipinski definition) is 4. The predicted molar refractivity (Wildman–Crippen MR) is 67.9 cm³/mol. The summed E-state index contributed by atoms with van der Waals surface area (Å²) in [6.45, 7) is 0.884. The van der Waals surface area contributed by atoms with E-state index in [4.69, 9.17) is 26.2 Å². The molecule has 1 aliphatic heterocycles. The lowest BCUT2D eigenvalue weighted by atomic mass is 10.2. The maximum absolute atomic E-state index is 11.5. The van der Waals surface area contributed by atoms with Crippen LogP contribution in [0.2, 0.25) is 5.02 Å². The van der Waals surface area contributed by atoms with Crippen LogP contribution in [-0.2, 0) is 9.59 Å². The normalized spacial score (nSPS) is 12.9. The molecule has 0 saturated heterocycles. The lowest BCUT2D eigenvalue weighted by Crippen LogP contribution is -2.17. The first-order chi connectivity index (χ1) is 9.06. The summed E-state index contributed by atoms with van der Waals surface area (Å²) < 4.78 is 10.7. The third-order valence-corrected chi connectivity index (χ3v) is 2.78. The second-order valence-electron chi connectivity index (χ2n) is 3.92. The molecule has 2 rings (SSSR count). The van der Waals surface area contributed by atoms with Gasteiger partial charge in [0.25, 0.3) is 0 Å². The quantitative estimate of drug-likeness (QED) is 0.883. The number of carbonyl (C=O) groups excluding carboxylic acids is 1. The molecule has 0 spiro atoms. The third kappa shape index (κ3) is 3.51. The molecule has 2 N–H and O–H groups in total. The van der Waals surface area contributed by atoms with E-state index in [1.807, 2.05) is 0 Å². The van der Waals surface area contributed by atoms with E-state index in [-0.39, 0.29) is 12.8 Å². The van der Waals surface area contributed by atoms with E-state index in [0.29, 0.717) is 35.4 Å². The van der Waals surface area contributed by atoms with Gasteiger partial charge < -0.3 is 19.9 Å². The monoisotopic (exact) mass is 285 g/mol. The molecule has 1 aromatic rings. The van der Waals surface area contributed by atoms with Crippen molar-refractivity contribution in [3.8, 4) is 11.5 Å². The van der Waals surface area contributed by atoms with Gasteiger partial charge in [0.1, 0.15) is 13.2 Å². The lowest BCUT2D eigenvalue weighted by molar-refractivity contribution is -0.138. The summed E-state index contributed by atoms with van der Waals surface area (Å²) in [4.78, 5) is 21.9. The average molecular weight is 286 g/mol. The standard InChI is InChI=1S/C12H12ClNO5/c13-7-5-9-10(19-4-3-18-9)6-8(7)14-11(15)1-2-12(16)17/h5-6H,1-4H2,(H,14,15)(H,16,17). The Morgan fingerprint density at radius 3 is 2.47 bits per heavy atom. The van der Waals surface area contributed by atoms with Crippen LogP contribution in [0.5, 0.6) is 11.5 Å². The molecule has 0 bridgehead atoms. The number of fused-ring (bicyclic) bond motifs is 1. The maximum Gasteiger partial charge on any atom is 0.303 e. The van der Waals surface area contributed by atoms with Crippen LogP contribution in [0.3, 0.4) is 0 Å². The number of nitrogens with one attached hydrogen (secondary N) is 1. The number of anilines is 1. The molecule has 7 heteroatoms. The van der Waals surface area contributed by atoms with Gasteiger partial charge in [-0.2, -0.15) is 0 Å². The van der Waals surface area contributed by atoms with Crippen molar-refractivity contribution < 1.29 is 24.2 Å². The zero-order valence-electron chi connectivity index (χ0n) is 9.94. The minimum atomic E-state index is -1.02. The minimum Gasteiger partial charge on any atom is -0.486 e. The average Bonchev–Trinajstić information content (AvgIpc) is 2.37. The number of ether oxygens (including phenoxy) is 2. The van der Waals surface area contributed by atoms with Crippen molar-refractivity contribution in [3.05, 3.63) is 17.2 Å². The Bertz CT molecular complexity index is 517. The number of carboxylic acid groups (broad SMARTS) is 1. The predicted octanol–water partition coefficient (Wildman–Crippen LogP) is 1.91. The molecule has 1 aliphatic rings. The number of halogens is 1. The minimum absolute atomic E-state index is 0.111. The summed E-state index contributed by atoms with van der Waals surface area (Å²) in [6, 6.07) is 3.12. The Kier molecular flexibility index (Phi) is 4.11. The van der Waals surface area contributed by atoms with Crippen molar-refractivity contribution in [2.45, 2.75) is 12.8 Å². The van der Waals surface area contributed by atoms with Crippen molar-refractivity contribution in [2.75, 3.05) is 18.5 Å². The van der Waals surface area contributed by atoms with Crippen LogP contribution < -0.4 is 14.8 Å². The molecule has 1 heterocycles. The largest absolute Gasteiger partial charge is 0.486 e. The Hall–Kier alpha value is -1.95. The zero-order valence-corrected chi connectivity index (χ0v) is 10.7. The summed E-state index contributed by atoms with van der Waals surface area (Å²) >= 11 is 6.00. The van der Waals surface area contributed by atoms with Gasteiger partial charge in [-0.1, -0.05) is 11.6 Å². The van der Waals surface area contributed by atoms with Gasteiger partial charge in [-0.15, -0.1) is 0 Å². The van der Waals surface area contributed by atoms with E-state index >= 15 is 0 Å². The first-order valence-corrected chi connectivity index (χ1v) is 6.05. The molecule has 0 aliphatic carbocycles. The number of carbonyl (C=O) groups is 2. The molecular weight excluding hydrogens is 274 g/mol. The molecule has 1 amide bonds. The smallest absolute Gasteiger partial charge is 0.303 e. The van der Waals surface area contributed by atoms with Crippen LogP contribution >= 0.6 is 11.6 Å². The number of aliphatic carboxylic acids is 1. The molecule has 6 nitrogen and oxygen atoms in total. The first-order valence-electron chi connectivity index (χ1n) is 5.67. The van der Waals surface area contributed by atoms with Gasteiger partial charge in [0.05, 0.1) is 17.1 Å². The van der Waals surface area contributed by atoms with E-state index in [9.17, 15) is 9.59 Å². The van der Waals surface area contributed by atoms with Gasteiger partial charge in [0.15, 0.2) is 11.5 Å². The van der Waals surface area contributed by atoms with Gasteiger partial charge in [0.2, 0.25) is 5.91 Å². The topological polar surface area (TPSA) is 84.9 Å². The van der Waals surface area contributed by atoms with E-state index in [0.717, 1.165) is 0 Å². The Balaban J connectivity index is 2.07. The number of rotatable bonds is 4. The van der Waals surface area contributed by atoms with E-state index in [2.05, 4.69) is 5.32 Å². The van der Waals surface area contributed by atoms with Gasteiger partial charge in [-0.25, -0.2) is 0 Å². The van der Waals surface area contributed by atoms with E-state index < -0.39 is 11.9 Å². The lowest BCUT2D eigenvalue weighted by Gasteiger charge is -2.19. The molecule has 19 heavy (non-hydrogen) atoms. The fourth-order valence-electron chi connectivity index (χ4n) is 1.59. The number of hydrogen-bond donors (Lipinski definition) is 2. The van der Waals surface area contributed by atoms with Gasteiger partial charge in [0, 0.05) is 18.6 Å². The number of amides is 1. The van der Waals surface area contributed by atoms with Crippen LogP contribution in [0.4, 0.5) is 5.69 Å². The fourth-order valence-corrected chi connectivity index (χ4v) is 1.79. The SMILES string of the molecule is O=C(O)CCC(=O)Nc1cc2c(cc1Cl)OCCO2. The van der Waals surface area contributed by atoms with Crippen molar-refractivity contribution in [1.82, 2.24) is 0 Å². The Morgan fingerprint density at radius 2 is 1.84 bits per heavy atom. The van der Waals surface area contributed by atoms with Gasteiger partial charge in [-0.3, -0.25) is 9.59 Å². The fraction of sp³-hybridized carbons (Fsp3) is 0.333. The molecule has 0 fully saturated rings. The van der Waals surface area contributed by atoms with E-state index in [1.54, 1.807) is 12.1 Å². The second-order valence-corrected chi connectivity index (χ2v) is 4.32. The summed E-state index contributed by atoms with van der Waals surface area (Å²) in [6.07, 6.45) is -0.339. The molecule has 0 unspecified atom stereocenters.